The Bertz CT molecular complexity index is 1180. The molecule has 9 nitrogen and oxygen atoms in total. The predicted octanol–water partition coefficient (Wildman–Crippen LogP) is 2.62. The van der Waals surface area contributed by atoms with Crippen LogP contribution < -0.4 is 10.2 Å². The molecule has 0 saturated carbocycles. The minimum absolute atomic E-state index is 0.0301. The lowest BCUT2D eigenvalue weighted by atomic mass is 10.0. The first-order valence-corrected chi connectivity index (χ1v) is 13.7. The summed E-state index contributed by atoms with van der Waals surface area (Å²) in [5.41, 5.74) is 0.701. The molecule has 1 atom stereocenters. The third-order valence-electron chi connectivity index (χ3n) is 6.23. The van der Waals surface area contributed by atoms with Gasteiger partial charge in [0.15, 0.2) is 9.84 Å². The van der Waals surface area contributed by atoms with Crippen LogP contribution in [0.1, 0.15) is 50.4 Å². The minimum Gasteiger partial charge on any atom is -0.373 e. The Labute approximate surface area is 198 Å². The molecule has 2 aliphatic rings. The zero-order valence-electron chi connectivity index (χ0n) is 19.0. The van der Waals surface area contributed by atoms with E-state index >= 15 is 0 Å². The first-order chi connectivity index (χ1) is 15.7. The van der Waals surface area contributed by atoms with E-state index in [1.165, 1.54) is 23.7 Å². The number of benzene rings is 1. The van der Waals surface area contributed by atoms with Crippen molar-refractivity contribution >= 4 is 38.1 Å². The first-order valence-electron chi connectivity index (χ1n) is 11.1. The number of nitriles is 1. The molecule has 0 bridgehead atoms. The first kappa shape index (κ1) is 23.4. The normalized spacial score (nSPS) is 19.8. The summed E-state index contributed by atoms with van der Waals surface area (Å²) in [5.74, 6) is 1.22. The van der Waals surface area contributed by atoms with E-state index in [4.69, 9.17) is 0 Å². The lowest BCUT2D eigenvalue weighted by Gasteiger charge is -2.36. The van der Waals surface area contributed by atoms with E-state index in [2.05, 4.69) is 33.4 Å². The van der Waals surface area contributed by atoms with E-state index < -0.39 is 15.9 Å². The van der Waals surface area contributed by atoms with Crippen LogP contribution in [0.25, 0.3) is 0 Å². The molecule has 0 spiro atoms. The highest BCUT2D eigenvalue weighted by Crippen LogP contribution is 2.29. The molecule has 0 aliphatic carbocycles. The monoisotopic (exact) mass is 488 g/mol. The Kier molecular flexibility index (Phi) is 6.59. The van der Waals surface area contributed by atoms with Crippen molar-refractivity contribution < 1.29 is 13.2 Å². The summed E-state index contributed by atoms with van der Waals surface area (Å²) >= 11 is 1.44. The third kappa shape index (κ3) is 4.96. The number of aromatic nitrogens is 2. The van der Waals surface area contributed by atoms with Crippen LogP contribution in [-0.2, 0) is 14.6 Å². The molecule has 1 aromatic heterocycles. The number of nitrogens with one attached hydrogen (secondary N) is 1. The molecule has 176 valence electrons. The van der Waals surface area contributed by atoms with Gasteiger partial charge in [-0.25, -0.2) is 13.4 Å². The van der Waals surface area contributed by atoms with Crippen LogP contribution in [-0.4, -0.2) is 66.6 Å². The van der Waals surface area contributed by atoms with E-state index in [0.29, 0.717) is 24.6 Å². The van der Waals surface area contributed by atoms with Crippen molar-refractivity contribution in [2.24, 2.45) is 0 Å². The zero-order valence-corrected chi connectivity index (χ0v) is 20.6. The fraction of sp³-hybridized carbons (Fsp3) is 0.545. The van der Waals surface area contributed by atoms with Crippen LogP contribution in [0.15, 0.2) is 23.1 Å². The van der Waals surface area contributed by atoms with Crippen molar-refractivity contribution in [3.05, 3.63) is 29.6 Å². The second-order valence-electron chi connectivity index (χ2n) is 8.92. The maximum Gasteiger partial charge on any atom is 0.245 e. The van der Waals surface area contributed by atoms with Gasteiger partial charge in [0.25, 0.3) is 0 Å². The summed E-state index contributed by atoms with van der Waals surface area (Å²) in [6.45, 7) is 6.51. The van der Waals surface area contributed by atoms with Gasteiger partial charge in [0.05, 0.1) is 16.1 Å². The molecule has 2 saturated heterocycles. The molecule has 2 aromatic rings. The summed E-state index contributed by atoms with van der Waals surface area (Å²) in [5, 5.41) is 13.6. The Hall–Kier alpha value is -2.71. The van der Waals surface area contributed by atoms with E-state index in [1.807, 2.05) is 11.0 Å². The van der Waals surface area contributed by atoms with E-state index in [-0.39, 0.29) is 22.4 Å². The fourth-order valence-corrected chi connectivity index (χ4v) is 5.82. The van der Waals surface area contributed by atoms with Gasteiger partial charge in [0.1, 0.15) is 17.9 Å². The summed E-state index contributed by atoms with van der Waals surface area (Å²) in [4.78, 5) is 22.1. The summed E-state index contributed by atoms with van der Waals surface area (Å²) in [7, 11) is -3.41. The van der Waals surface area contributed by atoms with E-state index in [0.717, 1.165) is 43.1 Å². The second-order valence-corrected chi connectivity index (χ2v) is 11.7. The van der Waals surface area contributed by atoms with Crippen molar-refractivity contribution in [3.63, 3.8) is 0 Å². The Morgan fingerprint density at radius 3 is 2.55 bits per heavy atom. The number of piperidine rings is 1. The van der Waals surface area contributed by atoms with Gasteiger partial charge in [0.2, 0.25) is 11.0 Å². The topological polar surface area (TPSA) is 119 Å². The van der Waals surface area contributed by atoms with Gasteiger partial charge in [-0.2, -0.15) is 9.64 Å². The second kappa shape index (κ2) is 9.27. The number of hydrogen-bond donors (Lipinski definition) is 1. The van der Waals surface area contributed by atoms with Crippen LogP contribution in [0.5, 0.6) is 0 Å². The summed E-state index contributed by atoms with van der Waals surface area (Å²) < 4.78 is 28.0. The molecule has 0 unspecified atom stereocenters. The van der Waals surface area contributed by atoms with Gasteiger partial charge in [-0.3, -0.25) is 4.79 Å². The quantitative estimate of drug-likeness (QED) is 0.659. The summed E-state index contributed by atoms with van der Waals surface area (Å²) in [6, 6.07) is 6.17. The SMILES string of the molecule is CC(C)c1nsc(N2CCC(N3CC[C@H](Nc4ccc(S(C)(=O)=O)cc4C#N)C3=O)CC2)n1. The molecule has 2 fully saturated rings. The molecule has 1 aromatic carbocycles. The number of sulfone groups is 1. The van der Waals surface area contributed by atoms with Crippen LogP contribution in [0, 0.1) is 11.3 Å². The Morgan fingerprint density at radius 2 is 1.94 bits per heavy atom. The number of hydrogen-bond acceptors (Lipinski definition) is 9. The highest BCUT2D eigenvalue weighted by atomic mass is 32.2. The highest BCUT2D eigenvalue weighted by molar-refractivity contribution is 7.90. The molecule has 3 heterocycles. The molecule has 1 amide bonds. The van der Waals surface area contributed by atoms with Crippen LogP contribution in [0.4, 0.5) is 10.8 Å². The third-order valence-corrected chi connectivity index (χ3v) is 8.13. The average molecular weight is 489 g/mol. The lowest BCUT2D eigenvalue weighted by Crippen LogP contribution is -2.47. The fourth-order valence-electron chi connectivity index (χ4n) is 4.32. The van der Waals surface area contributed by atoms with Crippen molar-refractivity contribution in [1.29, 1.82) is 5.26 Å². The van der Waals surface area contributed by atoms with Gasteiger partial charge in [-0.05, 0) is 37.5 Å². The van der Waals surface area contributed by atoms with Crippen LogP contribution in [0.3, 0.4) is 0 Å². The number of carbonyl (C=O) groups is 1. The highest BCUT2D eigenvalue weighted by Gasteiger charge is 2.37. The molecule has 11 heteroatoms. The van der Waals surface area contributed by atoms with Crippen molar-refractivity contribution in [3.8, 4) is 6.07 Å². The number of likely N-dealkylation sites (tertiary alicyclic amines) is 1. The smallest absolute Gasteiger partial charge is 0.245 e. The molecular formula is C22H28N6O3S2. The predicted molar refractivity (Wildman–Crippen MR) is 127 cm³/mol. The Morgan fingerprint density at radius 1 is 1.21 bits per heavy atom. The van der Waals surface area contributed by atoms with Gasteiger partial charge in [-0.15, -0.1) is 0 Å². The Balaban J connectivity index is 1.37. The van der Waals surface area contributed by atoms with Crippen molar-refractivity contribution in [2.75, 3.05) is 36.1 Å². The van der Waals surface area contributed by atoms with Gasteiger partial charge >= 0.3 is 0 Å². The standard InChI is InChI=1S/C22H28N6O3S2/c1-14(2)20-25-22(32-26-20)27-9-6-16(7-10-27)28-11-8-19(21(28)29)24-18-5-4-17(33(3,30)31)12-15(18)13-23/h4-5,12,14,16,19,24H,6-11H2,1-3H3/t19-/m0/s1. The number of anilines is 2. The van der Waals surface area contributed by atoms with E-state index in [9.17, 15) is 18.5 Å². The molecule has 0 radical (unpaired) electrons. The lowest BCUT2D eigenvalue weighted by molar-refractivity contribution is -0.130. The molecule has 33 heavy (non-hydrogen) atoms. The number of amides is 1. The van der Waals surface area contributed by atoms with Crippen molar-refractivity contribution in [1.82, 2.24) is 14.3 Å². The van der Waals surface area contributed by atoms with Crippen LogP contribution >= 0.6 is 11.5 Å². The largest absolute Gasteiger partial charge is 0.373 e. The van der Waals surface area contributed by atoms with Gasteiger partial charge in [0, 0.05) is 49.4 Å². The van der Waals surface area contributed by atoms with Crippen LogP contribution in [0.2, 0.25) is 0 Å². The molecule has 2 aliphatic heterocycles. The maximum atomic E-state index is 13.1. The molecule has 1 N–H and O–H groups in total. The number of carbonyl (C=O) groups excluding carboxylic acids is 1. The van der Waals surface area contributed by atoms with Gasteiger partial charge < -0.3 is 15.1 Å². The minimum atomic E-state index is -3.41. The number of nitrogens with zero attached hydrogens (tertiary/aromatic N) is 5. The van der Waals surface area contributed by atoms with E-state index in [1.54, 1.807) is 6.07 Å². The molecule has 4 rings (SSSR count). The maximum absolute atomic E-state index is 13.1. The number of rotatable bonds is 6. The zero-order chi connectivity index (χ0) is 23.8. The summed E-state index contributed by atoms with van der Waals surface area (Å²) in [6.07, 6.45) is 3.50. The molecular weight excluding hydrogens is 460 g/mol. The van der Waals surface area contributed by atoms with Gasteiger partial charge in [-0.1, -0.05) is 13.8 Å². The van der Waals surface area contributed by atoms with Crippen molar-refractivity contribution in [2.45, 2.75) is 56.0 Å². The average Bonchev–Trinajstić information content (AvgIpc) is 3.41.